The predicted octanol–water partition coefficient (Wildman–Crippen LogP) is 2.09. The van der Waals surface area contributed by atoms with E-state index in [0.29, 0.717) is 32.6 Å². The van der Waals surface area contributed by atoms with E-state index >= 15 is 0 Å². The van der Waals surface area contributed by atoms with Gasteiger partial charge in [0, 0.05) is 5.39 Å². The van der Waals surface area contributed by atoms with Crippen molar-refractivity contribution in [3.8, 4) is 11.5 Å². The number of carbonyl (C=O) groups excluding carboxylic acids is 1. The highest BCUT2D eigenvalue weighted by atomic mass is 79.9. The van der Waals surface area contributed by atoms with Gasteiger partial charge in [0.1, 0.15) is 16.6 Å². The zero-order valence-corrected chi connectivity index (χ0v) is 14.4. The first-order chi connectivity index (χ1) is 10.9. The van der Waals surface area contributed by atoms with Crippen LogP contribution in [0.2, 0.25) is 0 Å². The molecule has 2 aromatic rings. The number of esters is 1. The van der Waals surface area contributed by atoms with Gasteiger partial charge in [-0.1, -0.05) is 0 Å². The molecule has 3 rings (SSSR count). The molecular weight excluding hydrogens is 368 g/mol. The number of ether oxygens (including phenoxy) is 3. The molecule has 23 heavy (non-hydrogen) atoms. The Morgan fingerprint density at radius 2 is 2.17 bits per heavy atom. The van der Waals surface area contributed by atoms with Gasteiger partial charge < -0.3 is 19.9 Å². The molecule has 0 saturated carbocycles. The van der Waals surface area contributed by atoms with E-state index in [1.807, 2.05) is 6.92 Å². The molecule has 1 aliphatic rings. The summed E-state index contributed by atoms with van der Waals surface area (Å²) in [7, 11) is 2.71. The number of nitrogens with two attached hydrogens (primary N) is 1. The van der Waals surface area contributed by atoms with E-state index in [9.17, 15) is 9.59 Å². The summed E-state index contributed by atoms with van der Waals surface area (Å²) in [6, 6.07) is 1.18. The Morgan fingerprint density at radius 3 is 2.78 bits per heavy atom. The number of methoxy groups -OCH3 is 2. The second kappa shape index (κ2) is 5.45. The van der Waals surface area contributed by atoms with Gasteiger partial charge in [-0.3, -0.25) is 9.36 Å². The van der Waals surface area contributed by atoms with Crippen molar-refractivity contribution in [2.75, 3.05) is 26.6 Å². The number of pyridine rings is 1. The lowest BCUT2D eigenvalue weighted by molar-refractivity contribution is 0.0597. The van der Waals surface area contributed by atoms with Crippen LogP contribution < -0.4 is 20.8 Å². The lowest BCUT2D eigenvalue weighted by atomic mass is 10.1. The number of nitrogen functional groups attached to an aromatic ring is 1. The highest BCUT2D eigenvalue weighted by Gasteiger charge is 2.30. The Hall–Kier alpha value is -2.22. The molecule has 2 heterocycles. The van der Waals surface area contributed by atoms with Crippen molar-refractivity contribution in [1.29, 1.82) is 0 Å². The quantitative estimate of drug-likeness (QED) is 0.631. The maximum absolute atomic E-state index is 12.7. The number of anilines is 1. The van der Waals surface area contributed by atoms with Crippen LogP contribution in [0.25, 0.3) is 10.9 Å². The Morgan fingerprint density at radius 1 is 1.48 bits per heavy atom. The van der Waals surface area contributed by atoms with Crippen LogP contribution in [-0.4, -0.2) is 31.4 Å². The average molecular weight is 383 g/mol. The minimum Gasteiger partial charge on any atom is -0.493 e. The van der Waals surface area contributed by atoms with Gasteiger partial charge in [0.2, 0.25) is 0 Å². The van der Waals surface area contributed by atoms with Gasteiger partial charge >= 0.3 is 5.97 Å². The summed E-state index contributed by atoms with van der Waals surface area (Å²) in [5.41, 5.74) is 6.52. The molecule has 0 saturated heterocycles. The predicted molar refractivity (Wildman–Crippen MR) is 88.4 cm³/mol. The molecule has 1 aliphatic heterocycles. The third kappa shape index (κ3) is 2.08. The summed E-state index contributed by atoms with van der Waals surface area (Å²) < 4.78 is 17.8. The monoisotopic (exact) mass is 382 g/mol. The topological polar surface area (TPSA) is 92.8 Å². The molecule has 7 nitrogen and oxygen atoms in total. The molecular formula is C15H15BrN2O5. The summed E-state index contributed by atoms with van der Waals surface area (Å²) in [5.74, 6) is 0.155. The lowest BCUT2D eigenvalue weighted by Crippen LogP contribution is -2.34. The van der Waals surface area contributed by atoms with Gasteiger partial charge in [-0.15, -0.1) is 0 Å². The fraction of sp³-hybridized carbons (Fsp3) is 0.333. The minimum absolute atomic E-state index is 0.0734. The van der Waals surface area contributed by atoms with Crippen LogP contribution in [0.4, 0.5) is 5.69 Å². The van der Waals surface area contributed by atoms with Gasteiger partial charge in [-0.25, -0.2) is 4.79 Å². The van der Waals surface area contributed by atoms with Crippen molar-refractivity contribution in [2.45, 2.75) is 13.0 Å². The normalized spacial score (nSPS) is 16.1. The Kier molecular flexibility index (Phi) is 3.71. The van der Waals surface area contributed by atoms with Gasteiger partial charge in [0.05, 0.1) is 31.5 Å². The van der Waals surface area contributed by atoms with Gasteiger partial charge in [-0.05, 0) is 28.9 Å². The van der Waals surface area contributed by atoms with E-state index < -0.39 is 11.5 Å². The number of nitrogens with zero attached hydrogens (tertiary/aromatic N) is 1. The standard InChI is InChI=1S/C15H15BrN2O5/c1-6-5-23-13-9(16)12(21-2)10(17)7-4-8(15(20)22-3)14(19)18(6)11(7)13/h4,6H,5,17H2,1-3H3/t6-/m0/s1. The van der Waals surface area contributed by atoms with Crippen molar-refractivity contribution >= 4 is 38.5 Å². The van der Waals surface area contributed by atoms with Crippen LogP contribution in [0.1, 0.15) is 23.3 Å². The Labute approximate surface area is 140 Å². The number of benzene rings is 1. The second-order valence-electron chi connectivity index (χ2n) is 5.24. The average Bonchev–Trinajstić information content (AvgIpc) is 2.54. The third-order valence-corrected chi connectivity index (χ3v) is 4.62. The number of hydrogen-bond acceptors (Lipinski definition) is 6. The van der Waals surface area contributed by atoms with E-state index in [0.717, 1.165) is 0 Å². The van der Waals surface area contributed by atoms with Crippen LogP contribution >= 0.6 is 15.9 Å². The molecule has 0 aliphatic carbocycles. The van der Waals surface area contributed by atoms with E-state index in [2.05, 4.69) is 15.9 Å². The minimum atomic E-state index is -0.706. The summed E-state index contributed by atoms with van der Waals surface area (Å²) in [4.78, 5) is 24.6. The van der Waals surface area contributed by atoms with Gasteiger partial charge in [0.15, 0.2) is 11.5 Å². The van der Waals surface area contributed by atoms with Crippen molar-refractivity contribution in [3.63, 3.8) is 0 Å². The van der Waals surface area contributed by atoms with Crippen molar-refractivity contribution in [3.05, 3.63) is 26.5 Å². The number of aromatic nitrogens is 1. The molecule has 0 radical (unpaired) electrons. The lowest BCUT2D eigenvalue weighted by Gasteiger charge is -2.28. The second-order valence-corrected chi connectivity index (χ2v) is 6.03. The van der Waals surface area contributed by atoms with E-state index in [1.165, 1.54) is 24.9 Å². The van der Waals surface area contributed by atoms with Crippen LogP contribution in [0, 0.1) is 0 Å². The molecule has 8 heteroatoms. The molecule has 0 spiro atoms. The summed E-state index contributed by atoms with van der Waals surface area (Å²) in [6.45, 7) is 2.12. The maximum Gasteiger partial charge on any atom is 0.343 e. The number of halogens is 1. The number of hydrogen-bond donors (Lipinski definition) is 1. The molecule has 0 bridgehead atoms. The van der Waals surface area contributed by atoms with Gasteiger partial charge in [0.25, 0.3) is 5.56 Å². The van der Waals surface area contributed by atoms with Crippen LogP contribution in [0.3, 0.4) is 0 Å². The smallest absolute Gasteiger partial charge is 0.343 e. The fourth-order valence-electron chi connectivity index (χ4n) is 2.81. The number of carbonyl (C=O) groups is 1. The highest BCUT2D eigenvalue weighted by molar-refractivity contribution is 9.10. The van der Waals surface area contributed by atoms with Crippen molar-refractivity contribution in [2.24, 2.45) is 0 Å². The zero-order chi connectivity index (χ0) is 16.9. The zero-order valence-electron chi connectivity index (χ0n) is 12.8. The first kappa shape index (κ1) is 15.7. The maximum atomic E-state index is 12.7. The molecule has 0 amide bonds. The molecule has 0 unspecified atom stereocenters. The van der Waals surface area contributed by atoms with Crippen LogP contribution in [-0.2, 0) is 4.74 Å². The molecule has 1 aromatic carbocycles. The summed E-state index contributed by atoms with van der Waals surface area (Å²) in [6.07, 6.45) is 0. The SMILES string of the molecule is COC(=O)c1cc2c(N)c(OC)c(Br)c3c2n(c1=O)[C@@H](C)CO3. The van der Waals surface area contributed by atoms with Crippen molar-refractivity contribution in [1.82, 2.24) is 4.57 Å². The molecule has 1 aromatic heterocycles. The molecule has 1 atom stereocenters. The number of rotatable bonds is 2. The van der Waals surface area contributed by atoms with E-state index in [1.54, 1.807) is 0 Å². The molecule has 122 valence electrons. The van der Waals surface area contributed by atoms with Crippen molar-refractivity contribution < 1.29 is 19.0 Å². The summed E-state index contributed by atoms with van der Waals surface area (Å²) >= 11 is 3.41. The third-order valence-electron chi connectivity index (χ3n) is 3.90. The first-order valence-corrected chi connectivity index (χ1v) is 7.66. The van der Waals surface area contributed by atoms with Crippen LogP contribution in [0.5, 0.6) is 11.5 Å². The van der Waals surface area contributed by atoms with Crippen LogP contribution in [0.15, 0.2) is 15.3 Å². The van der Waals surface area contributed by atoms with E-state index in [-0.39, 0.29) is 18.2 Å². The first-order valence-electron chi connectivity index (χ1n) is 6.87. The molecule has 0 fully saturated rings. The summed E-state index contributed by atoms with van der Waals surface area (Å²) in [5, 5.41) is 0.506. The Balaban J connectivity index is 2.56. The molecule has 2 N–H and O–H groups in total. The fourth-order valence-corrected chi connectivity index (χ4v) is 3.48. The largest absolute Gasteiger partial charge is 0.493 e. The van der Waals surface area contributed by atoms with Gasteiger partial charge in [-0.2, -0.15) is 0 Å². The highest BCUT2D eigenvalue weighted by Crippen LogP contribution is 2.47. The van der Waals surface area contributed by atoms with E-state index in [4.69, 9.17) is 19.9 Å². The Bertz CT molecular complexity index is 890.